The number of anilines is 2. The molecule has 104 valence electrons. The largest absolute Gasteiger partial charge is 0.369 e. The molecule has 2 fully saturated rings. The molecule has 0 amide bonds. The highest BCUT2D eigenvalue weighted by Gasteiger charge is 2.20. The van der Waals surface area contributed by atoms with Gasteiger partial charge in [-0.05, 0) is 19.3 Å². The zero-order chi connectivity index (χ0) is 13.1. The maximum atomic E-state index is 5.96. The van der Waals surface area contributed by atoms with Crippen LogP contribution in [0.15, 0.2) is 12.3 Å². The van der Waals surface area contributed by atoms with E-state index in [1.807, 2.05) is 6.20 Å². The molecule has 1 saturated carbocycles. The summed E-state index contributed by atoms with van der Waals surface area (Å²) >= 11 is 0. The molecule has 3 rings (SSSR count). The molecule has 0 aromatic carbocycles. The predicted molar refractivity (Wildman–Crippen MR) is 77.3 cm³/mol. The molecule has 19 heavy (non-hydrogen) atoms. The van der Waals surface area contributed by atoms with Crippen molar-refractivity contribution >= 4 is 11.5 Å². The van der Waals surface area contributed by atoms with Crippen molar-refractivity contribution in [1.29, 1.82) is 0 Å². The van der Waals surface area contributed by atoms with Crippen LogP contribution < -0.4 is 16.0 Å². The number of aromatic nitrogens is 2. The van der Waals surface area contributed by atoms with Crippen molar-refractivity contribution in [2.45, 2.75) is 50.6 Å². The Balaban J connectivity index is 1.65. The molecule has 0 unspecified atom stereocenters. The Morgan fingerprint density at radius 3 is 2.79 bits per heavy atom. The fourth-order valence-corrected chi connectivity index (χ4v) is 3.08. The van der Waals surface area contributed by atoms with E-state index in [0.717, 1.165) is 31.0 Å². The first-order chi connectivity index (χ1) is 9.31. The molecule has 2 heterocycles. The van der Waals surface area contributed by atoms with E-state index in [9.17, 15) is 0 Å². The van der Waals surface area contributed by atoms with Crippen LogP contribution in [0.1, 0.15) is 38.5 Å². The van der Waals surface area contributed by atoms with Gasteiger partial charge in [-0.1, -0.05) is 19.3 Å². The van der Waals surface area contributed by atoms with Crippen molar-refractivity contribution in [3.05, 3.63) is 12.3 Å². The van der Waals surface area contributed by atoms with E-state index in [-0.39, 0.29) is 0 Å². The maximum absolute atomic E-state index is 5.96. The highest BCUT2D eigenvalue weighted by molar-refractivity contribution is 5.53. The van der Waals surface area contributed by atoms with Gasteiger partial charge in [0.25, 0.3) is 0 Å². The highest BCUT2D eigenvalue weighted by Crippen LogP contribution is 2.24. The van der Waals surface area contributed by atoms with Gasteiger partial charge >= 0.3 is 0 Å². The van der Waals surface area contributed by atoms with Crippen LogP contribution in [0.4, 0.5) is 11.5 Å². The van der Waals surface area contributed by atoms with Gasteiger partial charge in [0.2, 0.25) is 0 Å². The minimum atomic E-state index is 0.294. The molecule has 5 heteroatoms. The van der Waals surface area contributed by atoms with E-state index >= 15 is 0 Å². The SMILES string of the molecule is N[C@@H]1CCN(c2cnnc(NC3CCCCC3)c2)C1. The second-order valence-corrected chi connectivity index (χ2v) is 5.77. The topological polar surface area (TPSA) is 67.1 Å². The quantitative estimate of drug-likeness (QED) is 0.868. The zero-order valence-corrected chi connectivity index (χ0v) is 11.4. The number of nitrogens with two attached hydrogens (primary N) is 1. The number of hydrogen-bond acceptors (Lipinski definition) is 5. The molecular weight excluding hydrogens is 238 g/mol. The average Bonchev–Trinajstić information content (AvgIpc) is 2.87. The van der Waals surface area contributed by atoms with Crippen molar-refractivity contribution in [2.24, 2.45) is 5.73 Å². The minimum absolute atomic E-state index is 0.294. The Bertz CT molecular complexity index is 416. The van der Waals surface area contributed by atoms with Crippen molar-refractivity contribution in [3.63, 3.8) is 0 Å². The van der Waals surface area contributed by atoms with E-state index in [4.69, 9.17) is 5.73 Å². The van der Waals surface area contributed by atoms with Crippen molar-refractivity contribution in [1.82, 2.24) is 10.2 Å². The molecule has 2 aliphatic rings. The summed E-state index contributed by atoms with van der Waals surface area (Å²) in [6.45, 7) is 1.95. The number of nitrogens with zero attached hydrogens (tertiary/aromatic N) is 3. The first-order valence-electron chi connectivity index (χ1n) is 7.41. The van der Waals surface area contributed by atoms with Crippen LogP contribution in [0.25, 0.3) is 0 Å². The molecule has 1 aliphatic heterocycles. The minimum Gasteiger partial charge on any atom is -0.369 e. The van der Waals surface area contributed by atoms with Crippen LogP contribution in [0.2, 0.25) is 0 Å². The summed E-state index contributed by atoms with van der Waals surface area (Å²) in [5.41, 5.74) is 7.10. The average molecular weight is 261 g/mol. The Morgan fingerprint density at radius 1 is 1.21 bits per heavy atom. The van der Waals surface area contributed by atoms with Gasteiger partial charge in [0.05, 0.1) is 11.9 Å². The second-order valence-electron chi connectivity index (χ2n) is 5.77. The monoisotopic (exact) mass is 261 g/mol. The smallest absolute Gasteiger partial charge is 0.150 e. The van der Waals surface area contributed by atoms with Gasteiger partial charge in [-0.15, -0.1) is 5.10 Å². The van der Waals surface area contributed by atoms with E-state index in [1.54, 1.807) is 0 Å². The van der Waals surface area contributed by atoms with Gasteiger partial charge in [-0.25, -0.2) is 0 Å². The number of nitrogens with one attached hydrogen (secondary N) is 1. The molecular formula is C14H23N5. The summed E-state index contributed by atoms with van der Waals surface area (Å²) in [7, 11) is 0. The highest BCUT2D eigenvalue weighted by atomic mass is 15.2. The lowest BCUT2D eigenvalue weighted by Crippen LogP contribution is -2.27. The van der Waals surface area contributed by atoms with E-state index < -0.39 is 0 Å². The molecule has 1 atom stereocenters. The third kappa shape index (κ3) is 3.15. The Labute approximate surface area is 114 Å². The molecule has 1 aliphatic carbocycles. The molecule has 0 bridgehead atoms. The van der Waals surface area contributed by atoms with Crippen LogP contribution in [0.5, 0.6) is 0 Å². The zero-order valence-electron chi connectivity index (χ0n) is 11.4. The maximum Gasteiger partial charge on any atom is 0.150 e. The van der Waals surface area contributed by atoms with Crippen molar-refractivity contribution in [3.8, 4) is 0 Å². The van der Waals surface area contributed by atoms with Gasteiger partial charge in [-0.3, -0.25) is 0 Å². The van der Waals surface area contributed by atoms with Gasteiger partial charge < -0.3 is 16.0 Å². The number of rotatable bonds is 3. The molecule has 0 radical (unpaired) electrons. The number of hydrogen-bond donors (Lipinski definition) is 2. The summed E-state index contributed by atoms with van der Waals surface area (Å²) < 4.78 is 0. The lowest BCUT2D eigenvalue weighted by atomic mass is 9.95. The summed E-state index contributed by atoms with van der Waals surface area (Å²) in [4.78, 5) is 2.30. The van der Waals surface area contributed by atoms with Crippen LogP contribution in [0.3, 0.4) is 0 Å². The van der Waals surface area contributed by atoms with Crippen molar-refractivity contribution in [2.75, 3.05) is 23.3 Å². The first-order valence-corrected chi connectivity index (χ1v) is 7.41. The van der Waals surface area contributed by atoms with Crippen LogP contribution in [-0.4, -0.2) is 35.4 Å². The van der Waals surface area contributed by atoms with Crippen molar-refractivity contribution < 1.29 is 0 Å². The van der Waals surface area contributed by atoms with Crippen LogP contribution in [0, 0.1) is 0 Å². The summed E-state index contributed by atoms with van der Waals surface area (Å²) in [6.07, 6.45) is 9.42. The molecule has 1 saturated heterocycles. The van der Waals surface area contributed by atoms with Gasteiger partial charge in [-0.2, -0.15) is 5.10 Å². The fourth-order valence-electron chi connectivity index (χ4n) is 3.08. The standard InChI is InChI=1S/C14H23N5/c15-11-6-7-19(10-11)13-8-14(18-16-9-13)17-12-4-2-1-3-5-12/h8-9,11-12H,1-7,10,15H2,(H,17,18)/t11-/m1/s1. The van der Waals surface area contributed by atoms with Crippen LogP contribution >= 0.6 is 0 Å². The Kier molecular flexibility index (Phi) is 3.82. The summed E-state index contributed by atoms with van der Waals surface area (Å²) in [5.74, 6) is 0.907. The fraction of sp³-hybridized carbons (Fsp3) is 0.714. The van der Waals surface area contributed by atoms with E-state index in [1.165, 1.54) is 32.1 Å². The van der Waals surface area contributed by atoms with Gasteiger partial charge in [0, 0.05) is 31.2 Å². The lowest BCUT2D eigenvalue weighted by molar-refractivity contribution is 0.461. The van der Waals surface area contributed by atoms with Gasteiger partial charge in [0.15, 0.2) is 5.82 Å². The molecule has 1 aromatic rings. The molecule has 1 aromatic heterocycles. The second kappa shape index (κ2) is 5.74. The first kappa shape index (κ1) is 12.7. The van der Waals surface area contributed by atoms with Gasteiger partial charge in [0.1, 0.15) is 0 Å². The molecule has 5 nitrogen and oxygen atoms in total. The Hall–Kier alpha value is -1.36. The van der Waals surface area contributed by atoms with E-state index in [0.29, 0.717) is 12.1 Å². The Morgan fingerprint density at radius 2 is 2.05 bits per heavy atom. The third-order valence-electron chi connectivity index (χ3n) is 4.19. The van der Waals surface area contributed by atoms with E-state index in [2.05, 4.69) is 26.5 Å². The summed E-state index contributed by atoms with van der Waals surface area (Å²) in [5, 5.41) is 11.9. The van der Waals surface area contributed by atoms with Crippen LogP contribution in [-0.2, 0) is 0 Å². The normalized spacial score (nSPS) is 24.7. The molecule has 3 N–H and O–H groups in total. The lowest BCUT2D eigenvalue weighted by Gasteiger charge is -2.24. The molecule has 0 spiro atoms. The third-order valence-corrected chi connectivity index (χ3v) is 4.19. The summed E-state index contributed by atoms with van der Waals surface area (Å²) in [6, 6.07) is 2.97. The predicted octanol–water partition coefficient (Wildman–Crippen LogP) is 1.76.